The number of carbonyl (C=O) groups is 1. The van der Waals surface area contributed by atoms with Crippen molar-refractivity contribution in [2.45, 2.75) is 33.6 Å². The van der Waals surface area contributed by atoms with Gasteiger partial charge in [-0.3, -0.25) is 9.79 Å². The van der Waals surface area contributed by atoms with E-state index in [2.05, 4.69) is 46.0 Å². The van der Waals surface area contributed by atoms with Crippen LogP contribution in [0.1, 0.15) is 39.2 Å². The molecule has 3 rings (SSSR count). The van der Waals surface area contributed by atoms with Gasteiger partial charge in [0.15, 0.2) is 5.84 Å². The van der Waals surface area contributed by atoms with Crippen LogP contribution in [0.15, 0.2) is 28.3 Å². The third-order valence-corrected chi connectivity index (χ3v) is 4.96. The largest absolute Gasteiger partial charge is 0.375 e. The minimum absolute atomic E-state index is 0.195. The minimum atomic E-state index is 0.195. The molecular weight excluding hydrogens is 340 g/mol. The molecule has 0 radical (unpaired) electrons. The molecular formula is C20H30N6O. The highest BCUT2D eigenvalue weighted by Crippen LogP contribution is 2.22. The number of hydrogen-bond acceptors (Lipinski definition) is 6. The molecule has 27 heavy (non-hydrogen) atoms. The number of nitrogens with one attached hydrogen (secondary N) is 1. The Labute approximate surface area is 161 Å². The van der Waals surface area contributed by atoms with Gasteiger partial charge in [-0.1, -0.05) is 20.8 Å². The Hall–Kier alpha value is -2.44. The zero-order chi connectivity index (χ0) is 19.4. The zero-order valence-corrected chi connectivity index (χ0v) is 16.8. The molecule has 7 nitrogen and oxygen atoms in total. The average Bonchev–Trinajstić information content (AvgIpc) is 3.15. The van der Waals surface area contributed by atoms with Gasteiger partial charge in [0.1, 0.15) is 11.7 Å². The van der Waals surface area contributed by atoms with Crippen LogP contribution >= 0.6 is 0 Å². The summed E-state index contributed by atoms with van der Waals surface area (Å²) in [5.41, 5.74) is 1.18. The van der Waals surface area contributed by atoms with E-state index in [9.17, 15) is 4.79 Å². The van der Waals surface area contributed by atoms with Crippen LogP contribution in [0.25, 0.3) is 0 Å². The van der Waals surface area contributed by atoms with Crippen molar-refractivity contribution in [2.24, 2.45) is 15.4 Å². The van der Waals surface area contributed by atoms with Gasteiger partial charge in [0.05, 0.1) is 6.54 Å². The van der Waals surface area contributed by atoms with E-state index in [0.29, 0.717) is 13.0 Å². The molecule has 2 aliphatic rings. The van der Waals surface area contributed by atoms with Crippen LogP contribution < -0.4 is 10.2 Å². The van der Waals surface area contributed by atoms with Crippen LogP contribution in [-0.2, 0) is 4.79 Å². The summed E-state index contributed by atoms with van der Waals surface area (Å²) in [7, 11) is 1.86. The van der Waals surface area contributed by atoms with E-state index in [-0.39, 0.29) is 11.3 Å². The number of nitrogens with zero attached hydrogens (tertiary/aromatic N) is 5. The van der Waals surface area contributed by atoms with E-state index in [4.69, 9.17) is 0 Å². The molecule has 0 saturated carbocycles. The Morgan fingerprint density at radius 2 is 1.96 bits per heavy atom. The molecule has 146 valence electrons. The minimum Gasteiger partial charge on any atom is -0.375 e. The standard InChI is InChI=1S/C20H30N6O/c1-20(2,3)7-5-18(27)26-11-9-25(10-12-26)17-13-15(6-8-22-17)19-23-14-16(21-4)24-19/h6,8,13H,5,7,9-12,14H2,1-4H3,(H,21,23,24). The summed E-state index contributed by atoms with van der Waals surface area (Å²) >= 11 is 0. The van der Waals surface area contributed by atoms with Gasteiger partial charge in [-0.05, 0) is 24.0 Å². The predicted molar refractivity (Wildman–Crippen MR) is 110 cm³/mol. The number of piperazine rings is 1. The molecule has 0 bridgehead atoms. The number of hydrogen-bond donors (Lipinski definition) is 1. The van der Waals surface area contributed by atoms with Crippen LogP contribution in [0, 0.1) is 5.41 Å². The first-order valence-corrected chi connectivity index (χ1v) is 9.65. The van der Waals surface area contributed by atoms with Crippen LogP contribution in [0.2, 0.25) is 0 Å². The lowest BCUT2D eigenvalue weighted by molar-refractivity contribution is -0.132. The highest BCUT2D eigenvalue weighted by atomic mass is 16.2. The number of carbonyl (C=O) groups excluding carboxylic acids is 1. The Balaban J connectivity index is 1.58. The predicted octanol–water partition coefficient (Wildman–Crippen LogP) is 1.93. The maximum absolute atomic E-state index is 12.4. The van der Waals surface area contributed by atoms with E-state index in [0.717, 1.165) is 55.7 Å². The molecule has 1 aromatic rings. The maximum atomic E-state index is 12.4. The summed E-state index contributed by atoms with van der Waals surface area (Å²) < 4.78 is 0. The number of anilines is 1. The molecule has 0 unspecified atom stereocenters. The first kappa shape index (κ1) is 19.3. The molecule has 0 aliphatic carbocycles. The van der Waals surface area contributed by atoms with Gasteiger partial charge in [0.25, 0.3) is 0 Å². The van der Waals surface area contributed by atoms with Gasteiger partial charge < -0.3 is 15.1 Å². The quantitative estimate of drug-likeness (QED) is 0.879. The van der Waals surface area contributed by atoms with Crippen LogP contribution in [0.3, 0.4) is 0 Å². The third-order valence-electron chi connectivity index (χ3n) is 4.96. The van der Waals surface area contributed by atoms with Crippen LogP contribution in [-0.4, -0.2) is 67.2 Å². The van der Waals surface area contributed by atoms with Gasteiger partial charge in [-0.15, -0.1) is 0 Å². The Morgan fingerprint density at radius 1 is 1.22 bits per heavy atom. The van der Waals surface area contributed by atoms with Gasteiger partial charge >= 0.3 is 0 Å². The molecule has 0 spiro atoms. The first-order chi connectivity index (χ1) is 12.9. The number of likely N-dealkylation sites (N-methyl/N-ethyl adjacent to an activating group) is 1. The summed E-state index contributed by atoms with van der Waals surface area (Å²) in [6, 6.07) is 3.98. The van der Waals surface area contributed by atoms with Crippen molar-refractivity contribution >= 4 is 23.4 Å². The zero-order valence-electron chi connectivity index (χ0n) is 16.8. The van der Waals surface area contributed by atoms with Gasteiger partial charge in [-0.2, -0.15) is 0 Å². The summed E-state index contributed by atoms with van der Waals surface area (Å²) in [6.45, 7) is 10.2. The van der Waals surface area contributed by atoms with Gasteiger partial charge in [0, 0.05) is 51.4 Å². The second-order valence-electron chi connectivity index (χ2n) is 8.28. The van der Waals surface area contributed by atoms with E-state index < -0.39 is 0 Å². The first-order valence-electron chi connectivity index (χ1n) is 9.65. The fourth-order valence-electron chi connectivity index (χ4n) is 3.19. The van der Waals surface area contributed by atoms with E-state index in [1.54, 1.807) is 6.20 Å². The lowest BCUT2D eigenvalue weighted by Crippen LogP contribution is -2.49. The van der Waals surface area contributed by atoms with Crippen molar-refractivity contribution in [2.75, 3.05) is 44.7 Å². The van der Waals surface area contributed by atoms with Crippen molar-refractivity contribution < 1.29 is 4.79 Å². The molecule has 1 saturated heterocycles. The smallest absolute Gasteiger partial charge is 0.222 e. The number of pyridine rings is 1. The number of amidine groups is 2. The lowest BCUT2D eigenvalue weighted by atomic mass is 9.90. The molecule has 1 fully saturated rings. The Morgan fingerprint density at radius 3 is 2.59 bits per heavy atom. The second-order valence-corrected chi connectivity index (χ2v) is 8.28. The van der Waals surface area contributed by atoms with E-state index >= 15 is 0 Å². The summed E-state index contributed by atoms with van der Waals surface area (Å²) in [4.78, 5) is 30.1. The molecule has 3 heterocycles. The monoisotopic (exact) mass is 370 g/mol. The molecule has 0 atom stereocenters. The number of amides is 1. The number of aliphatic imine (C=N–C) groups is 2. The van der Waals surface area contributed by atoms with Crippen LogP contribution in [0.5, 0.6) is 0 Å². The third kappa shape index (κ3) is 5.05. The summed E-state index contributed by atoms with van der Waals surface area (Å²) in [5, 5.41) is 3.05. The average molecular weight is 371 g/mol. The summed E-state index contributed by atoms with van der Waals surface area (Å²) in [5.74, 6) is 2.82. The SMILES string of the molecule is CNC1=NC(c2ccnc(N3CCN(C(=O)CCC(C)(C)C)CC3)c2)=NC1. The molecule has 7 heteroatoms. The molecule has 2 aliphatic heterocycles. The van der Waals surface area contributed by atoms with Crippen molar-refractivity contribution in [3.8, 4) is 0 Å². The Bertz CT molecular complexity index is 741. The van der Waals surface area contributed by atoms with Crippen molar-refractivity contribution in [3.05, 3.63) is 23.9 Å². The van der Waals surface area contributed by atoms with Crippen LogP contribution in [0.4, 0.5) is 5.82 Å². The molecule has 1 amide bonds. The molecule has 1 N–H and O–H groups in total. The van der Waals surface area contributed by atoms with Gasteiger partial charge in [-0.25, -0.2) is 9.98 Å². The summed E-state index contributed by atoms with van der Waals surface area (Å²) in [6.07, 6.45) is 3.36. The van der Waals surface area contributed by atoms with E-state index in [1.807, 2.05) is 24.1 Å². The molecule has 1 aromatic heterocycles. The second kappa shape index (κ2) is 8.06. The van der Waals surface area contributed by atoms with Crippen molar-refractivity contribution in [1.29, 1.82) is 0 Å². The lowest BCUT2D eigenvalue weighted by Gasteiger charge is -2.36. The molecule has 0 aromatic carbocycles. The topological polar surface area (TPSA) is 73.2 Å². The fraction of sp³-hybridized carbons (Fsp3) is 0.600. The number of aromatic nitrogens is 1. The highest BCUT2D eigenvalue weighted by molar-refractivity contribution is 6.11. The Kier molecular flexibility index (Phi) is 5.77. The van der Waals surface area contributed by atoms with Gasteiger partial charge in [0.2, 0.25) is 5.91 Å². The highest BCUT2D eigenvalue weighted by Gasteiger charge is 2.23. The van der Waals surface area contributed by atoms with Crippen molar-refractivity contribution in [3.63, 3.8) is 0 Å². The fourth-order valence-corrected chi connectivity index (χ4v) is 3.19. The maximum Gasteiger partial charge on any atom is 0.222 e. The van der Waals surface area contributed by atoms with E-state index in [1.165, 1.54) is 0 Å². The van der Waals surface area contributed by atoms with Crippen molar-refractivity contribution in [1.82, 2.24) is 15.2 Å². The number of rotatable bonds is 4. The normalized spacial score (nSPS) is 17.6.